The minimum absolute atomic E-state index is 0.132. The molecule has 0 spiro atoms. The summed E-state index contributed by atoms with van der Waals surface area (Å²) in [6, 6.07) is -0.124. The molecule has 0 unspecified atom stereocenters. The van der Waals surface area contributed by atoms with Gasteiger partial charge in [0.1, 0.15) is 5.76 Å². The molecule has 140 valence electrons. The number of rotatable bonds is 5. The lowest BCUT2D eigenvalue weighted by molar-refractivity contribution is 0.0336. The number of aliphatic hydroxyl groups excluding tert-OH is 1. The second-order valence-electron chi connectivity index (χ2n) is 7.16. The van der Waals surface area contributed by atoms with E-state index in [1.165, 1.54) is 12.8 Å². The van der Waals surface area contributed by atoms with Crippen LogP contribution in [0, 0.1) is 6.92 Å². The highest BCUT2D eigenvalue weighted by molar-refractivity contribution is 5.94. The van der Waals surface area contributed by atoms with E-state index in [0.29, 0.717) is 11.3 Å². The van der Waals surface area contributed by atoms with Gasteiger partial charge in [0, 0.05) is 13.2 Å². The molecule has 2 aliphatic rings. The van der Waals surface area contributed by atoms with Crippen molar-refractivity contribution in [2.45, 2.75) is 70.2 Å². The van der Waals surface area contributed by atoms with Crippen LogP contribution in [0.3, 0.4) is 0 Å². The molecule has 2 heterocycles. The Hall–Kier alpha value is -1.44. The van der Waals surface area contributed by atoms with E-state index in [4.69, 9.17) is 9.26 Å². The largest absolute Gasteiger partial charge is 0.389 e. The Bertz CT molecular complexity index is 583. The zero-order valence-electron chi connectivity index (χ0n) is 15.2. The molecule has 2 fully saturated rings. The quantitative estimate of drug-likeness (QED) is 0.784. The van der Waals surface area contributed by atoms with Crippen LogP contribution in [0.5, 0.6) is 0 Å². The first-order chi connectivity index (χ1) is 12.1. The third-order valence-corrected chi connectivity index (χ3v) is 5.49. The van der Waals surface area contributed by atoms with Gasteiger partial charge in [0.2, 0.25) is 0 Å². The predicted molar refractivity (Wildman–Crippen MR) is 92.3 cm³/mol. The number of hydrogen-bond acceptors (Lipinski definition) is 6. The van der Waals surface area contributed by atoms with Crippen molar-refractivity contribution in [1.29, 1.82) is 0 Å². The van der Waals surface area contributed by atoms with Gasteiger partial charge in [0.15, 0.2) is 5.69 Å². The number of aryl methyl sites for hydroxylation is 1. The summed E-state index contributed by atoms with van der Waals surface area (Å²) in [7, 11) is 1.57. The van der Waals surface area contributed by atoms with Crippen LogP contribution in [0.15, 0.2) is 4.52 Å². The van der Waals surface area contributed by atoms with Crippen molar-refractivity contribution in [2.75, 3.05) is 20.2 Å². The molecule has 2 N–H and O–H groups in total. The number of amides is 1. The molecule has 0 bridgehead atoms. The number of carbonyl (C=O) groups is 1. The van der Waals surface area contributed by atoms with Gasteiger partial charge in [-0.3, -0.25) is 9.69 Å². The number of nitrogens with one attached hydrogen (secondary N) is 1. The number of likely N-dealkylation sites (tertiary alicyclic amines) is 1. The molecule has 3 rings (SSSR count). The van der Waals surface area contributed by atoms with Crippen LogP contribution < -0.4 is 5.32 Å². The van der Waals surface area contributed by atoms with Crippen molar-refractivity contribution < 1.29 is 19.2 Å². The first-order valence-corrected chi connectivity index (χ1v) is 9.29. The van der Waals surface area contributed by atoms with Gasteiger partial charge in [0.05, 0.1) is 24.3 Å². The third-order valence-electron chi connectivity index (χ3n) is 5.49. The fourth-order valence-corrected chi connectivity index (χ4v) is 4.08. The zero-order valence-corrected chi connectivity index (χ0v) is 15.2. The molecule has 1 aliphatic heterocycles. The van der Waals surface area contributed by atoms with Gasteiger partial charge in [-0.05, 0) is 45.7 Å². The summed E-state index contributed by atoms with van der Waals surface area (Å²) in [5, 5.41) is 17.8. The van der Waals surface area contributed by atoms with Gasteiger partial charge < -0.3 is 19.7 Å². The van der Waals surface area contributed by atoms with Gasteiger partial charge in [-0.15, -0.1) is 0 Å². The number of hydrogen-bond donors (Lipinski definition) is 2. The van der Waals surface area contributed by atoms with E-state index < -0.39 is 6.10 Å². The molecule has 1 aliphatic carbocycles. The lowest BCUT2D eigenvalue weighted by atomic mass is 10.00. The van der Waals surface area contributed by atoms with Crippen molar-refractivity contribution in [3.8, 4) is 0 Å². The van der Waals surface area contributed by atoms with Crippen molar-refractivity contribution >= 4 is 5.91 Å². The molecule has 25 heavy (non-hydrogen) atoms. The average Bonchev–Trinajstić information content (AvgIpc) is 3.20. The highest BCUT2D eigenvalue weighted by Gasteiger charge is 2.36. The molecule has 3 atom stereocenters. The monoisotopic (exact) mass is 351 g/mol. The maximum absolute atomic E-state index is 12.7. The van der Waals surface area contributed by atoms with E-state index in [0.717, 1.165) is 38.8 Å². The second-order valence-corrected chi connectivity index (χ2v) is 7.16. The maximum Gasteiger partial charge on any atom is 0.274 e. The maximum atomic E-state index is 12.7. The molecule has 0 radical (unpaired) electrons. The SMILES string of the molecule is COCc1c(C(=O)N[C@@H]2CCCC[C@@H](N3CCCC3)[C@@H]2O)noc1C. The molecule has 1 aromatic rings. The lowest BCUT2D eigenvalue weighted by Crippen LogP contribution is -2.52. The van der Waals surface area contributed by atoms with E-state index in [9.17, 15) is 9.90 Å². The molecule has 7 heteroatoms. The number of carbonyl (C=O) groups excluding carboxylic acids is 1. The van der Waals surface area contributed by atoms with E-state index in [1.54, 1.807) is 14.0 Å². The van der Waals surface area contributed by atoms with Gasteiger partial charge in [-0.1, -0.05) is 18.0 Å². The molecular formula is C18H29N3O4. The van der Waals surface area contributed by atoms with Crippen LogP contribution >= 0.6 is 0 Å². The predicted octanol–water partition coefficient (Wildman–Crippen LogP) is 1.63. The third kappa shape index (κ3) is 4.04. The van der Waals surface area contributed by atoms with Crippen LogP contribution in [0.25, 0.3) is 0 Å². The van der Waals surface area contributed by atoms with E-state index in [2.05, 4.69) is 15.4 Å². The Labute approximate surface area is 148 Å². The zero-order chi connectivity index (χ0) is 17.8. The van der Waals surface area contributed by atoms with Crippen LogP contribution in [-0.2, 0) is 11.3 Å². The highest BCUT2D eigenvalue weighted by atomic mass is 16.5. The summed E-state index contributed by atoms with van der Waals surface area (Å²) in [5.74, 6) is 0.290. The van der Waals surface area contributed by atoms with Crippen LogP contribution in [-0.4, -0.2) is 59.5 Å². The molecule has 1 saturated carbocycles. The van der Waals surface area contributed by atoms with Crippen molar-refractivity contribution in [3.63, 3.8) is 0 Å². The van der Waals surface area contributed by atoms with Crippen LogP contribution in [0.4, 0.5) is 0 Å². The Morgan fingerprint density at radius 1 is 1.32 bits per heavy atom. The Morgan fingerprint density at radius 3 is 2.76 bits per heavy atom. The minimum atomic E-state index is -0.552. The molecular weight excluding hydrogens is 322 g/mol. The average molecular weight is 351 g/mol. The number of ether oxygens (including phenoxy) is 1. The number of methoxy groups -OCH3 is 1. The number of nitrogens with zero attached hydrogens (tertiary/aromatic N) is 2. The minimum Gasteiger partial charge on any atom is -0.389 e. The Morgan fingerprint density at radius 2 is 2.04 bits per heavy atom. The summed E-state index contributed by atoms with van der Waals surface area (Å²) in [4.78, 5) is 15.1. The topological polar surface area (TPSA) is 87.8 Å². The molecule has 0 aromatic carbocycles. The number of aliphatic hydroxyl groups is 1. The van der Waals surface area contributed by atoms with Crippen molar-refractivity contribution in [3.05, 3.63) is 17.0 Å². The van der Waals surface area contributed by atoms with Gasteiger partial charge in [-0.25, -0.2) is 0 Å². The van der Waals surface area contributed by atoms with Crippen molar-refractivity contribution in [1.82, 2.24) is 15.4 Å². The smallest absolute Gasteiger partial charge is 0.274 e. The van der Waals surface area contributed by atoms with Gasteiger partial charge in [-0.2, -0.15) is 0 Å². The lowest BCUT2D eigenvalue weighted by Gasteiger charge is -2.34. The molecule has 7 nitrogen and oxygen atoms in total. The Balaban J connectivity index is 1.70. The molecule has 1 saturated heterocycles. The fraction of sp³-hybridized carbons (Fsp3) is 0.778. The van der Waals surface area contributed by atoms with E-state index in [-0.39, 0.29) is 30.3 Å². The fourth-order valence-electron chi connectivity index (χ4n) is 4.08. The first-order valence-electron chi connectivity index (χ1n) is 9.29. The second kappa shape index (κ2) is 8.29. The number of aromatic nitrogens is 1. The summed E-state index contributed by atoms with van der Waals surface area (Å²) in [6.07, 6.45) is 5.71. The van der Waals surface area contributed by atoms with Crippen LogP contribution in [0.1, 0.15) is 60.3 Å². The normalized spacial score (nSPS) is 28.0. The van der Waals surface area contributed by atoms with Crippen LogP contribution in [0.2, 0.25) is 0 Å². The van der Waals surface area contributed by atoms with Crippen molar-refractivity contribution in [2.24, 2.45) is 0 Å². The van der Waals surface area contributed by atoms with Gasteiger partial charge in [0.25, 0.3) is 5.91 Å². The Kier molecular flexibility index (Phi) is 6.09. The summed E-state index contributed by atoms with van der Waals surface area (Å²) >= 11 is 0. The molecule has 1 aromatic heterocycles. The standard InChI is InChI=1S/C18H29N3O4/c1-12-13(11-24-2)16(20-25-12)18(23)19-14-7-3-4-8-15(17(14)22)21-9-5-6-10-21/h14-15,17,22H,3-11H2,1-2H3,(H,19,23)/t14-,15-,17-/m1/s1. The summed E-state index contributed by atoms with van der Waals surface area (Å²) < 4.78 is 10.3. The highest BCUT2D eigenvalue weighted by Crippen LogP contribution is 2.26. The first kappa shape index (κ1) is 18.4. The molecule has 1 amide bonds. The summed E-state index contributed by atoms with van der Waals surface area (Å²) in [6.45, 7) is 4.13. The summed E-state index contributed by atoms with van der Waals surface area (Å²) in [5.41, 5.74) is 0.924. The van der Waals surface area contributed by atoms with E-state index in [1.807, 2.05) is 0 Å². The van der Waals surface area contributed by atoms with Gasteiger partial charge >= 0.3 is 0 Å². The van der Waals surface area contributed by atoms with E-state index >= 15 is 0 Å².